The van der Waals surface area contributed by atoms with Crippen LogP contribution in [0.5, 0.6) is 0 Å². The van der Waals surface area contributed by atoms with E-state index in [0.29, 0.717) is 25.8 Å². The molecule has 1 aliphatic rings. The van der Waals surface area contributed by atoms with Crippen LogP contribution in [0, 0.1) is 0 Å². The fourth-order valence-electron chi connectivity index (χ4n) is 1.86. The first-order valence-electron chi connectivity index (χ1n) is 7.12. The summed E-state index contributed by atoms with van der Waals surface area (Å²) in [5, 5.41) is 11.8. The Morgan fingerprint density at radius 1 is 1.38 bits per heavy atom. The van der Waals surface area contributed by atoms with Gasteiger partial charge in [0, 0.05) is 37.5 Å². The second kappa shape index (κ2) is 8.84. The Bertz CT molecular complexity index is 487. The average Bonchev–Trinajstić information content (AvgIpc) is 2.41. The fraction of sp³-hybridized carbons (Fsp3) is 0.353. The molecule has 0 aromatic heterocycles. The molecule has 114 valence electrons. The van der Waals surface area contributed by atoms with E-state index < -0.39 is 0 Å². The van der Waals surface area contributed by atoms with Crippen molar-refractivity contribution in [2.45, 2.75) is 32.6 Å². The van der Waals surface area contributed by atoms with Crippen LogP contribution in [0.25, 0.3) is 0 Å². The molecule has 0 radical (unpaired) electrons. The first-order chi connectivity index (χ1) is 9.99. The smallest absolute Gasteiger partial charge is 0.220 e. The summed E-state index contributed by atoms with van der Waals surface area (Å²) in [4.78, 5) is 13.5. The molecule has 1 amide bonds. The van der Waals surface area contributed by atoms with Gasteiger partial charge >= 0.3 is 0 Å². The largest absolute Gasteiger partial charge is 0.513 e. The lowest BCUT2D eigenvalue weighted by Gasteiger charge is -2.19. The molecule has 0 saturated carbocycles. The third-order valence-electron chi connectivity index (χ3n) is 3.05. The number of carbonyl (C=O) groups is 1. The molecule has 0 aliphatic carbocycles. The number of hydrogen-bond donors (Lipinski definition) is 2. The van der Waals surface area contributed by atoms with Crippen LogP contribution in [0.15, 0.2) is 60.8 Å². The van der Waals surface area contributed by atoms with E-state index in [1.807, 2.05) is 42.5 Å². The highest BCUT2D eigenvalue weighted by Gasteiger charge is 2.03. The molecule has 0 spiro atoms. The van der Waals surface area contributed by atoms with Crippen molar-refractivity contribution in [2.75, 3.05) is 6.54 Å². The van der Waals surface area contributed by atoms with Gasteiger partial charge in [-0.3, -0.25) is 4.79 Å². The van der Waals surface area contributed by atoms with Crippen molar-refractivity contribution in [3.05, 3.63) is 60.8 Å². The third-order valence-corrected chi connectivity index (χ3v) is 3.05. The molecule has 0 aromatic rings. The first-order valence-corrected chi connectivity index (χ1v) is 7.12. The van der Waals surface area contributed by atoms with E-state index in [-0.39, 0.29) is 11.7 Å². The Labute approximate surface area is 126 Å². The highest BCUT2D eigenvalue weighted by molar-refractivity contribution is 5.75. The van der Waals surface area contributed by atoms with Crippen LogP contribution in [0.1, 0.15) is 32.6 Å². The minimum Gasteiger partial charge on any atom is -0.513 e. The zero-order valence-corrected chi connectivity index (χ0v) is 12.6. The summed E-state index contributed by atoms with van der Waals surface area (Å²) >= 11 is 0. The van der Waals surface area contributed by atoms with Crippen LogP contribution in [-0.4, -0.2) is 22.5 Å². The minimum atomic E-state index is 0.00858. The Hall–Kier alpha value is -2.23. The van der Waals surface area contributed by atoms with Gasteiger partial charge in [0.2, 0.25) is 5.91 Å². The summed E-state index contributed by atoms with van der Waals surface area (Å²) in [5.41, 5.74) is 2.09. The van der Waals surface area contributed by atoms with Crippen molar-refractivity contribution in [1.29, 1.82) is 0 Å². The Morgan fingerprint density at radius 2 is 2.14 bits per heavy atom. The molecule has 2 N–H and O–H groups in total. The van der Waals surface area contributed by atoms with E-state index in [0.717, 1.165) is 12.1 Å². The maximum Gasteiger partial charge on any atom is 0.220 e. The molecule has 0 fully saturated rings. The molecule has 0 saturated heterocycles. The van der Waals surface area contributed by atoms with Crippen molar-refractivity contribution in [3.63, 3.8) is 0 Å². The number of amides is 1. The molecule has 4 heteroatoms. The lowest BCUT2D eigenvalue weighted by atomic mass is 10.2. The van der Waals surface area contributed by atoms with E-state index in [1.54, 1.807) is 0 Å². The van der Waals surface area contributed by atoms with Gasteiger partial charge in [-0.05, 0) is 31.9 Å². The van der Waals surface area contributed by atoms with Gasteiger partial charge in [-0.15, -0.1) is 0 Å². The summed E-state index contributed by atoms with van der Waals surface area (Å²) in [5.74, 6) is 0.139. The average molecular weight is 288 g/mol. The molecule has 4 nitrogen and oxygen atoms in total. The number of aliphatic hydroxyl groups is 1. The van der Waals surface area contributed by atoms with Gasteiger partial charge in [-0.25, -0.2) is 0 Å². The van der Waals surface area contributed by atoms with Gasteiger partial charge in [-0.2, -0.15) is 0 Å². The summed E-state index contributed by atoms with van der Waals surface area (Å²) in [6.45, 7) is 9.99. The van der Waals surface area contributed by atoms with Crippen LogP contribution in [-0.2, 0) is 4.79 Å². The van der Waals surface area contributed by atoms with Gasteiger partial charge in [-0.1, -0.05) is 24.8 Å². The van der Waals surface area contributed by atoms with Crippen molar-refractivity contribution in [1.82, 2.24) is 10.2 Å². The molecule has 0 unspecified atom stereocenters. The third kappa shape index (κ3) is 7.20. The molecular weight excluding hydrogens is 264 g/mol. The summed E-state index contributed by atoms with van der Waals surface area (Å²) in [6.07, 6.45) is 12.1. The van der Waals surface area contributed by atoms with Gasteiger partial charge in [0.1, 0.15) is 0 Å². The molecular formula is C17H24N2O2. The van der Waals surface area contributed by atoms with Crippen LogP contribution in [0.2, 0.25) is 0 Å². The van der Waals surface area contributed by atoms with E-state index in [2.05, 4.69) is 18.5 Å². The number of carbonyl (C=O) groups excluding carboxylic acids is 1. The van der Waals surface area contributed by atoms with Crippen LogP contribution in [0.3, 0.4) is 0 Å². The molecule has 0 atom stereocenters. The number of aliphatic hydroxyl groups excluding tert-OH is 1. The minimum absolute atomic E-state index is 0.00858. The zero-order chi connectivity index (χ0) is 15.7. The monoisotopic (exact) mass is 288 g/mol. The maximum atomic E-state index is 11.6. The molecule has 1 aliphatic heterocycles. The molecule has 21 heavy (non-hydrogen) atoms. The second-order valence-electron chi connectivity index (χ2n) is 5.09. The lowest BCUT2D eigenvalue weighted by Crippen LogP contribution is -2.24. The maximum absolute atomic E-state index is 11.6. The van der Waals surface area contributed by atoms with Crippen LogP contribution >= 0.6 is 0 Å². The standard InChI is InChI=1S/C17H24N2O2/c1-14(13-19-12-5-4-7-15(19)2)10-11-18-17(21)9-6-8-16(3)20/h4-5,7,12-13,20H,2-3,6,8-11H2,1H3,(H,18,21)/b14-13+. The van der Waals surface area contributed by atoms with E-state index >= 15 is 0 Å². The van der Waals surface area contributed by atoms with Crippen molar-refractivity contribution in [2.24, 2.45) is 0 Å². The van der Waals surface area contributed by atoms with Gasteiger partial charge < -0.3 is 15.3 Å². The lowest BCUT2D eigenvalue weighted by molar-refractivity contribution is -0.121. The number of rotatable bonds is 8. The SMILES string of the molecule is C=C(O)CCCC(=O)NCC/C(C)=C/N1C=CC=CC1=C. The molecule has 1 rings (SSSR count). The summed E-state index contributed by atoms with van der Waals surface area (Å²) in [6, 6.07) is 0. The highest BCUT2D eigenvalue weighted by Crippen LogP contribution is 2.13. The Kier molecular flexibility index (Phi) is 7.09. The van der Waals surface area contributed by atoms with Crippen molar-refractivity contribution < 1.29 is 9.90 Å². The van der Waals surface area contributed by atoms with E-state index in [1.165, 1.54) is 5.57 Å². The Balaban J connectivity index is 2.23. The zero-order valence-electron chi connectivity index (χ0n) is 12.6. The van der Waals surface area contributed by atoms with E-state index in [9.17, 15) is 4.79 Å². The summed E-state index contributed by atoms with van der Waals surface area (Å²) in [7, 11) is 0. The Morgan fingerprint density at radius 3 is 2.81 bits per heavy atom. The number of nitrogens with zero attached hydrogens (tertiary/aromatic N) is 1. The normalized spacial score (nSPS) is 14.4. The highest BCUT2D eigenvalue weighted by atomic mass is 16.3. The van der Waals surface area contributed by atoms with Gasteiger partial charge in [0.25, 0.3) is 0 Å². The summed E-state index contributed by atoms with van der Waals surface area (Å²) < 4.78 is 0. The predicted octanol–water partition coefficient (Wildman–Crippen LogP) is 3.54. The first kappa shape index (κ1) is 16.8. The second-order valence-corrected chi connectivity index (χ2v) is 5.09. The molecule has 0 aromatic carbocycles. The van der Waals surface area contributed by atoms with Crippen molar-refractivity contribution >= 4 is 5.91 Å². The topological polar surface area (TPSA) is 52.6 Å². The quantitative estimate of drug-likeness (QED) is 0.672. The van der Waals surface area contributed by atoms with E-state index in [4.69, 9.17) is 5.11 Å². The van der Waals surface area contributed by atoms with Gasteiger partial charge in [0.15, 0.2) is 0 Å². The van der Waals surface area contributed by atoms with Crippen molar-refractivity contribution in [3.8, 4) is 0 Å². The number of nitrogens with one attached hydrogen (secondary N) is 1. The fourth-order valence-corrected chi connectivity index (χ4v) is 1.86. The number of allylic oxidation sites excluding steroid dienone is 4. The predicted molar refractivity (Wildman–Crippen MR) is 86.3 cm³/mol. The van der Waals surface area contributed by atoms with Crippen LogP contribution < -0.4 is 5.32 Å². The molecule has 1 heterocycles. The van der Waals surface area contributed by atoms with Crippen LogP contribution in [0.4, 0.5) is 0 Å². The molecule has 0 bridgehead atoms. The number of hydrogen-bond acceptors (Lipinski definition) is 3. The van der Waals surface area contributed by atoms with Gasteiger partial charge in [0.05, 0.1) is 5.76 Å².